The molecule has 0 heterocycles. The molecule has 0 aromatic heterocycles. The van der Waals surface area contributed by atoms with E-state index in [2.05, 4.69) is 10.6 Å². The predicted molar refractivity (Wildman–Crippen MR) is 91.6 cm³/mol. The predicted octanol–water partition coefficient (Wildman–Crippen LogP) is 3.59. The molecule has 1 unspecified atom stereocenters. The number of carbonyl (C=O) groups excluding carboxylic acids is 2. The Bertz CT molecular complexity index is 621. The van der Waals surface area contributed by atoms with Gasteiger partial charge >= 0.3 is 6.03 Å². The minimum atomic E-state index is -0.948. The maximum Gasteiger partial charge on any atom is 0.321 e. The number of hydrogen-bond donors (Lipinski definition) is 2. The molecule has 0 saturated carbocycles. The lowest BCUT2D eigenvalue weighted by atomic mass is 9.75. The summed E-state index contributed by atoms with van der Waals surface area (Å²) in [5.74, 6) is -1.18. The Morgan fingerprint density at radius 3 is 2.25 bits per heavy atom. The van der Waals surface area contributed by atoms with Gasteiger partial charge in [-0.05, 0) is 32.8 Å². The Kier molecular flexibility index (Phi) is 5.98. The molecule has 2 N–H and O–H groups in total. The van der Waals surface area contributed by atoms with Gasteiger partial charge in [-0.3, -0.25) is 10.1 Å². The summed E-state index contributed by atoms with van der Waals surface area (Å²) in [5.41, 5.74) is -0.823. The Hall–Kier alpha value is -2.11. The first-order chi connectivity index (χ1) is 10.9. The average molecular weight is 338 g/mol. The van der Waals surface area contributed by atoms with Crippen molar-refractivity contribution in [3.8, 4) is 5.75 Å². The molecule has 0 spiro atoms. The topological polar surface area (TPSA) is 67.4 Å². The third-order valence-electron chi connectivity index (χ3n) is 4.05. The number of ether oxygens (including phenoxy) is 1. The SMILES string of the molecule is COc1c(F)cccc1C(C)C(C)(C)C(=O)NC(=O)NC(C)(C)C. The Morgan fingerprint density at radius 2 is 1.75 bits per heavy atom. The lowest BCUT2D eigenvalue weighted by molar-refractivity contribution is -0.129. The molecule has 1 aromatic rings. The zero-order valence-corrected chi connectivity index (χ0v) is 15.4. The number of nitrogens with one attached hydrogen (secondary N) is 2. The fourth-order valence-corrected chi connectivity index (χ4v) is 2.30. The van der Waals surface area contributed by atoms with Crippen LogP contribution in [0.1, 0.15) is 53.0 Å². The van der Waals surface area contributed by atoms with E-state index in [9.17, 15) is 14.0 Å². The van der Waals surface area contributed by atoms with E-state index in [0.29, 0.717) is 5.56 Å². The first-order valence-electron chi connectivity index (χ1n) is 7.86. The second-order valence-electron chi connectivity index (χ2n) is 7.46. The van der Waals surface area contributed by atoms with Crippen LogP contribution >= 0.6 is 0 Å². The highest BCUT2D eigenvalue weighted by molar-refractivity contribution is 5.97. The largest absolute Gasteiger partial charge is 0.493 e. The van der Waals surface area contributed by atoms with Crippen molar-refractivity contribution in [1.29, 1.82) is 0 Å². The number of para-hydroxylation sites is 1. The lowest BCUT2D eigenvalue weighted by Crippen LogP contribution is -2.52. The van der Waals surface area contributed by atoms with Crippen LogP contribution in [0, 0.1) is 11.2 Å². The fourth-order valence-electron chi connectivity index (χ4n) is 2.30. The van der Waals surface area contributed by atoms with Gasteiger partial charge in [0.1, 0.15) is 0 Å². The van der Waals surface area contributed by atoms with Crippen LogP contribution in [-0.4, -0.2) is 24.6 Å². The first kappa shape index (κ1) is 19.9. The number of imide groups is 1. The standard InChI is InChI=1S/C18H27FN2O3/c1-11(12-9-8-10-13(19)14(12)24-7)18(5,6)15(22)20-16(23)21-17(2,3)4/h8-11H,1-7H3,(H2,20,21,22,23). The molecule has 1 aromatic carbocycles. The second kappa shape index (κ2) is 7.20. The van der Waals surface area contributed by atoms with Crippen LogP contribution in [0.5, 0.6) is 5.75 Å². The van der Waals surface area contributed by atoms with Crippen molar-refractivity contribution in [3.05, 3.63) is 29.6 Å². The van der Waals surface area contributed by atoms with Gasteiger partial charge in [0, 0.05) is 11.1 Å². The summed E-state index contributed by atoms with van der Waals surface area (Å²) in [4.78, 5) is 24.5. The fraction of sp³-hybridized carbons (Fsp3) is 0.556. The molecule has 0 saturated heterocycles. The van der Waals surface area contributed by atoms with Gasteiger partial charge in [-0.25, -0.2) is 9.18 Å². The summed E-state index contributed by atoms with van der Waals surface area (Å²) >= 11 is 0. The van der Waals surface area contributed by atoms with Gasteiger partial charge in [0.15, 0.2) is 11.6 Å². The summed E-state index contributed by atoms with van der Waals surface area (Å²) in [6.07, 6.45) is 0. The Balaban J connectivity index is 3.00. The van der Waals surface area contributed by atoms with Crippen molar-refractivity contribution in [3.63, 3.8) is 0 Å². The number of halogens is 1. The molecule has 24 heavy (non-hydrogen) atoms. The molecular weight excluding hydrogens is 311 g/mol. The van der Waals surface area contributed by atoms with E-state index in [4.69, 9.17) is 4.74 Å². The minimum Gasteiger partial charge on any atom is -0.493 e. The minimum absolute atomic E-state index is 0.116. The highest BCUT2D eigenvalue weighted by Crippen LogP contribution is 2.40. The van der Waals surface area contributed by atoms with E-state index >= 15 is 0 Å². The number of amides is 3. The van der Waals surface area contributed by atoms with E-state index in [1.54, 1.807) is 32.9 Å². The van der Waals surface area contributed by atoms with Crippen LogP contribution in [0.4, 0.5) is 9.18 Å². The maximum atomic E-state index is 13.9. The van der Waals surface area contributed by atoms with Crippen LogP contribution in [0.2, 0.25) is 0 Å². The molecule has 0 aliphatic carbocycles. The Morgan fingerprint density at radius 1 is 1.17 bits per heavy atom. The summed E-state index contributed by atoms with van der Waals surface area (Å²) < 4.78 is 19.0. The van der Waals surface area contributed by atoms with E-state index in [0.717, 1.165) is 0 Å². The zero-order valence-electron chi connectivity index (χ0n) is 15.4. The van der Waals surface area contributed by atoms with Gasteiger partial charge in [0.25, 0.3) is 0 Å². The van der Waals surface area contributed by atoms with E-state index in [-0.39, 0.29) is 11.7 Å². The molecule has 3 amide bonds. The van der Waals surface area contributed by atoms with E-state index < -0.39 is 28.7 Å². The van der Waals surface area contributed by atoms with E-state index in [1.165, 1.54) is 13.2 Å². The molecule has 0 bridgehead atoms. The third kappa shape index (κ3) is 4.69. The van der Waals surface area contributed by atoms with E-state index in [1.807, 2.05) is 20.8 Å². The highest BCUT2D eigenvalue weighted by Gasteiger charge is 2.37. The van der Waals surface area contributed by atoms with Crippen LogP contribution in [-0.2, 0) is 4.79 Å². The number of hydrogen-bond acceptors (Lipinski definition) is 3. The molecule has 1 rings (SSSR count). The van der Waals surface area contributed by atoms with Gasteiger partial charge in [0.05, 0.1) is 12.5 Å². The summed E-state index contributed by atoms with van der Waals surface area (Å²) in [6, 6.07) is 4.04. The quantitative estimate of drug-likeness (QED) is 0.881. The number of urea groups is 1. The molecule has 0 radical (unpaired) electrons. The second-order valence-corrected chi connectivity index (χ2v) is 7.46. The van der Waals surface area contributed by atoms with Crippen LogP contribution in [0.3, 0.4) is 0 Å². The maximum absolute atomic E-state index is 13.9. The Labute approximate surface area is 143 Å². The monoisotopic (exact) mass is 338 g/mol. The van der Waals surface area contributed by atoms with Crippen molar-refractivity contribution < 1.29 is 18.7 Å². The van der Waals surface area contributed by atoms with Gasteiger partial charge < -0.3 is 10.1 Å². The molecule has 134 valence electrons. The normalized spacial score (nSPS) is 13.2. The van der Waals surface area contributed by atoms with Crippen LogP contribution < -0.4 is 15.4 Å². The smallest absolute Gasteiger partial charge is 0.321 e. The van der Waals surface area contributed by atoms with Crippen molar-refractivity contribution in [1.82, 2.24) is 10.6 Å². The van der Waals surface area contributed by atoms with Crippen molar-refractivity contribution in [2.75, 3.05) is 7.11 Å². The first-order valence-corrected chi connectivity index (χ1v) is 7.86. The van der Waals surface area contributed by atoms with Crippen molar-refractivity contribution >= 4 is 11.9 Å². The highest BCUT2D eigenvalue weighted by atomic mass is 19.1. The van der Waals surface area contributed by atoms with Crippen LogP contribution in [0.25, 0.3) is 0 Å². The van der Waals surface area contributed by atoms with Crippen molar-refractivity contribution in [2.24, 2.45) is 5.41 Å². The zero-order chi connectivity index (χ0) is 18.7. The summed E-state index contributed by atoms with van der Waals surface area (Å²) in [6.45, 7) is 10.7. The number of methoxy groups -OCH3 is 1. The van der Waals surface area contributed by atoms with Gasteiger partial charge in [-0.15, -0.1) is 0 Å². The number of rotatable bonds is 4. The lowest BCUT2D eigenvalue weighted by Gasteiger charge is -2.32. The third-order valence-corrected chi connectivity index (χ3v) is 4.05. The average Bonchev–Trinajstić information content (AvgIpc) is 2.43. The summed E-state index contributed by atoms with van der Waals surface area (Å²) in [7, 11) is 1.39. The van der Waals surface area contributed by atoms with Gasteiger partial charge in [-0.2, -0.15) is 0 Å². The molecular formula is C18H27FN2O3. The van der Waals surface area contributed by atoms with Gasteiger partial charge in [-0.1, -0.05) is 32.9 Å². The molecule has 6 heteroatoms. The number of benzene rings is 1. The summed E-state index contributed by atoms with van der Waals surface area (Å²) in [5, 5.41) is 5.03. The molecule has 5 nitrogen and oxygen atoms in total. The molecule has 1 atom stereocenters. The molecule has 0 aliphatic rings. The molecule has 0 aliphatic heterocycles. The van der Waals surface area contributed by atoms with Gasteiger partial charge in [0.2, 0.25) is 5.91 Å². The molecule has 0 fully saturated rings. The number of carbonyl (C=O) groups is 2. The van der Waals surface area contributed by atoms with Crippen LogP contribution in [0.15, 0.2) is 18.2 Å². The van der Waals surface area contributed by atoms with Crippen molar-refractivity contribution in [2.45, 2.75) is 53.0 Å².